The van der Waals surface area contributed by atoms with Gasteiger partial charge in [-0.25, -0.2) is 4.79 Å². The highest BCUT2D eigenvalue weighted by Crippen LogP contribution is 2.39. The minimum Gasteiger partial charge on any atom is -0.462 e. The maximum Gasteiger partial charge on any atom is 0.446 e. The summed E-state index contributed by atoms with van der Waals surface area (Å²) in [6.07, 6.45) is -2.50. The zero-order valence-corrected chi connectivity index (χ0v) is 15.8. The van der Waals surface area contributed by atoms with Crippen LogP contribution in [0.2, 0.25) is 0 Å². The smallest absolute Gasteiger partial charge is 0.446 e. The van der Waals surface area contributed by atoms with E-state index in [1.165, 1.54) is 6.92 Å². The van der Waals surface area contributed by atoms with Crippen LogP contribution in [0.5, 0.6) is 0 Å². The molecule has 152 valence electrons. The fourth-order valence-electron chi connectivity index (χ4n) is 3.13. The second kappa shape index (κ2) is 7.81. The van der Waals surface area contributed by atoms with E-state index in [-0.39, 0.29) is 18.5 Å². The lowest BCUT2D eigenvalue weighted by Crippen LogP contribution is -2.55. The van der Waals surface area contributed by atoms with Gasteiger partial charge in [-0.05, 0) is 45.2 Å². The van der Waals surface area contributed by atoms with Gasteiger partial charge in [-0.15, -0.1) is 0 Å². The summed E-state index contributed by atoms with van der Waals surface area (Å²) in [5.41, 5.74) is -2.23. The Labute approximate surface area is 161 Å². The number of carbonyl (C=O) groups is 1. The van der Waals surface area contributed by atoms with Gasteiger partial charge >= 0.3 is 17.8 Å². The van der Waals surface area contributed by atoms with Gasteiger partial charge < -0.3 is 14.4 Å². The highest BCUT2D eigenvalue weighted by Gasteiger charge is 2.65. The van der Waals surface area contributed by atoms with E-state index in [1.807, 2.05) is 0 Å². The summed E-state index contributed by atoms with van der Waals surface area (Å²) in [4.78, 5) is 21.3. The van der Waals surface area contributed by atoms with Crippen molar-refractivity contribution >= 4 is 17.9 Å². The van der Waals surface area contributed by atoms with E-state index < -0.39 is 17.8 Å². The van der Waals surface area contributed by atoms with Crippen LogP contribution in [0.25, 0.3) is 0 Å². The van der Waals surface area contributed by atoms with Crippen LogP contribution in [0.4, 0.5) is 13.2 Å². The van der Waals surface area contributed by atoms with Crippen molar-refractivity contribution in [3.8, 4) is 0 Å². The Morgan fingerprint density at radius 1 is 1.25 bits per heavy atom. The summed E-state index contributed by atoms with van der Waals surface area (Å²) in [5.74, 6) is -1.87. The molecule has 0 amide bonds. The molecule has 2 heterocycles. The van der Waals surface area contributed by atoms with Crippen molar-refractivity contribution < 1.29 is 27.4 Å². The summed E-state index contributed by atoms with van der Waals surface area (Å²) >= 11 is 0. The molecule has 2 aliphatic heterocycles. The maximum absolute atomic E-state index is 14.1. The third-order valence-corrected chi connectivity index (χ3v) is 4.56. The molecule has 0 saturated carbocycles. The highest BCUT2D eigenvalue weighted by molar-refractivity contribution is 6.05. The van der Waals surface area contributed by atoms with Crippen LogP contribution in [0.15, 0.2) is 34.3 Å². The van der Waals surface area contributed by atoms with Crippen LogP contribution < -0.4 is 0 Å². The third-order valence-electron chi connectivity index (χ3n) is 4.56. The van der Waals surface area contributed by atoms with E-state index in [9.17, 15) is 18.0 Å². The SMILES string of the molecule is CCOC(=O)[C@@]1(C(F)(F)F)N=C(c2cccc(C)c2)OC(N2CCCCC2)=N1. The number of piperidine rings is 1. The summed E-state index contributed by atoms with van der Waals surface area (Å²) < 4.78 is 52.6. The Morgan fingerprint density at radius 2 is 1.96 bits per heavy atom. The lowest BCUT2D eigenvalue weighted by atomic mass is 10.1. The predicted octanol–water partition coefficient (Wildman–Crippen LogP) is 3.44. The number of alkyl halides is 3. The standard InChI is InChI=1S/C19H22F3N3O3/c1-3-27-16(26)18(19(20,21)22)23-15(14-9-7-8-13(2)12-14)28-17(24-18)25-10-5-4-6-11-25/h7-9,12H,3-6,10-11H2,1-2H3/t18-/m1/s1. The molecule has 1 atom stereocenters. The largest absolute Gasteiger partial charge is 0.462 e. The molecule has 0 N–H and O–H groups in total. The third kappa shape index (κ3) is 3.83. The number of hydrogen-bond acceptors (Lipinski definition) is 6. The first-order valence-corrected chi connectivity index (χ1v) is 9.20. The van der Waals surface area contributed by atoms with Crippen LogP contribution in [0.1, 0.15) is 37.3 Å². The van der Waals surface area contributed by atoms with Crippen LogP contribution in [-0.4, -0.2) is 54.3 Å². The molecule has 0 unspecified atom stereocenters. The van der Waals surface area contributed by atoms with E-state index in [0.717, 1.165) is 24.8 Å². The lowest BCUT2D eigenvalue weighted by Gasteiger charge is -2.35. The number of amidine groups is 1. The van der Waals surface area contributed by atoms with E-state index in [1.54, 1.807) is 36.1 Å². The monoisotopic (exact) mass is 397 g/mol. The van der Waals surface area contributed by atoms with Gasteiger partial charge in [-0.3, -0.25) is 0 Å². The maximum atomic E-state index is 14.1. The van der Waals surface area contributed by atoms with Crippen LogP contribution in [0, 0.1) is 6.92 Å². The molecule has 1 fully saturated rings. The molecule has 0 spiro atoms. The fourth-order valence-corrected chi connectivity index (χ4v) is 3.13. The summed E-state index contributed by atoms with van der Waals surface area (Å²) in [6.45, 7) is 4.01. The Hall–Kier alpha value is -2.58. The first kappa shape index (κ1) is 20.2. The van der Waals surface area contributed by atoms with Crippen molar-refractivity contribution in [2.45, 2.75) is 44.9 Å². The molecule has 9 heteroatoms. The number of carbonyl (C=O) groups excluding carboxylic acids is 1. The normalized spacial score (nSPS) is 22.8. The number of benzene rings is 1. The summed E-state index contributed by atoms with van der Waals surface area (Å²) in [5, 5.41) is 0. The van der Waals surface area contributed by atoms with Gasteiger partial charge in [-0.1, -0.05) is 17.7 Å². The molecule has 0 radical (unpaired) electrons. The number of likely N-dealkylation sites (tertiary alicyclic amines) is 1. The van der Waals surface area contributed by atoms with E-state index in [4.69, 9.17) is 9.47 Å². The molecular weight excluding hydrogens is 375 g/mol. The van der Waals surface area contributed by atoms with Crippen molar-refractivity contribution in [3.05, 3.63) is 35.4 Å². The van der Waals surface area contributed by atoms with Gasteiger partial charge in [-0.2, -0.15) is 23.2 Å². The van der Waals surface area contributed by atoms with Crippen LogP contribution in [-0.2, 0) is 14.3 Å². The van der Waals surface area contributed by atoms with Gasteiger partial charge in [0.25, 0.3) is 6.02 Å². The summed E-state index contributed by atoms with van der Waals surface area (Å²) in [7, 11) is 0. The van der Waals surface area contributed by atoms with Gasteiger partial charge in [0.05, 0.1) is 6.61 Å². The number of aliphatic imine (C=N–C) groups is 2. The zero-order chi connectivity index (χ0) is 20.4. The second-order valence-electron chi connectivity index (χ2n) is 6.72. The molecule has 0 aliphatic carbocycles. The predicted molar refractivity (Wildman–Crippen MR) is 97.1 cm³/mol. The molecule has 1 saturated heterocycles. The first-order valence-electron chi connectivity index (χ1n) is 9.20. The number of esters is 1. The van der Waals surface area contributed by atoms with Gasteiger partial charge in [0.15, 0.2) is 0 Å². The minimum absolute atomic E-state index is 0.221. The first-order chi connectivity index (χ1) is 13.3. The van der Waals surface area contributed by atoms with Crippen LogP contribution >= 0.6 is 0 Å². The average Bonchev–Trinajstić information content (AvgIpc) is 2.67. The Bertz CT molecular complexity index is 801. The number of ether oxygens (including phenoxy) is 2. The quantitative estimate of drug-likeness (QED) is 0.733. The van der Waals surface area contributed by atoms with Crippen molar-refractivity contribution in [2.24, 2.45) is 9.98 Å². The van der Waals surface area contributed by atoms with Gasteiger partial charge in [0, 0.05) is 18.7 Å². The van der Waals surface area contributed by atoms with E-state index in [2.05, 4.69) is 9.98 Å². The molecule has 28 heavy (non-hydrogen) atoms. The average molecular weight is 397 g/mol. The highest BCUT2D eigenvalue weighted by atomic mass is 19.4. The Balaban J connectivity index is 2.14. The number of aryl methyl sites for hydroxylation is 1. The molecule has 0 aromatic heterocycles. The molecule has 0 bridgehead atoms. The van der Waals surface area contributed by atoms with Crippen LogP contribution in [0.3, 0.4) is 0 Å². The molecule has 6 nitrogen and oxygen atoms in total. The Kier molecular flexibility index (Phi) is 5.62. The lowest BCUT2D eigenvalue weighted by molar-refractivity contribution is -0.204. The Morgan fingerprint density at radius 3 is 2.57 bits per heavy atom. The topological polar surface area (TPSA) is 63.5 Å². The molecular formula is C19H22F3N3O3. The van der Waals surface area contributed by atoms with Crippen molar-refractivity contribution in [3.63, 3.8) is 0 Å². The van der Waals surface area contributed by atoms with E-state index in [0.29, 0.717) is 18.7 Å². The second-order valence-corrected chi connectivity index (χ2v) is 6.72. The van der Waals surface area contributed by atoms with Crippen molar-refractivity contribution in [1.29, 1.82) is 0 Å². The number of hydrogen-bond donors (Lipinski definition) is 0. The fraction of sp³-hybridized carbons (Fsp3) is 0.526. The van der Waals surface area contributed by atoms with Crippen molar-refractivity contribution in [2.75, 3.05) is 19.7 Å². The summed E-state index contributed by atoms with van der Waals surface area (Å²) in [6, 6.07) is 6.45. The minimum atomic E-state index is -5.08. The number of rotatable bonds is 3. The number of nitrogens with zero attached hydrogens (tertiary/aromatic N) is 3. The molecule has 3 rings (SSSR count). The molecule has 1 aromatic rings. The van der Waals surface area contributed by atoms with Gasteiger partial charge in [0.1, 0.15) is 0 Å². The molecule has 2 aliphatic rings. The number of halogens is 3. The van der Waals surface area contributed by atoms with Gasteiger partial charge in [0.2, 0.25) is 5.90 Å². The van der Waals surface area contributed by atoms with Crippen molar-refractivity contribution in [1.82, 2.24) is 4.90 Å². The molecule has 1 aromatic carbocycles. The van der Waals surface area contributed by atoms with E-state index >= 15 is 0 Å². The zero-order valence-electron chi connectivity index (χ0n) is 15.8.